The molecule has 0 aliphatic carbocycles. The van der Waals surface area contributed by atoms with Crippen molar-refractivity contribution in [2.24, 2.45) is 0 Å². The monoisotopic (exact) mass is 277 g/mol. The summed E-state index contributed by atoms with van der Waals surface area (Å²) < 4.78 is 88.0. The number of pyridine rings is 1. The van der Waals surface area contributed by atoms with Crippen LogP contribution in [0.25, 0.3) is 0 Å². The highest BCUT2D eigenvalue weighted by Gasteiger charge is 2.38. The molecule has 0 saturated heterocycles. The molecule has 0 aliphatic rings. The van der Waals surface area contributed by atoms with Gasteiger partial charge in [-0.3, -0.25) is 4.79 Å². The summed E-state index contributed by atoms with van der Waals surface area (Å²) >= 11 is 0. The van der Waals surface area contributed by atoms with E-state index in [0.29, 0.717) is 0 Å². The zero-order valence-corrected chi connectivity index (χ0v) is 8.06. The second-order valence-electron chi connectivity index (χ2n) is 2.87. The van der Waals surface area contributed by atoms with Crippen LogP contribution in [0.5, 0.6) is 5.75 Å². The number of aldehydes is 1. The highest BCUT2D eigenvalue weighted by atomic mass is 19.4. The lowest BCUT2D eigenvalue weighted by atomic mass is 10.2. The van der Waals surface area contributed by atoms with E-state index in [1.165, 1.54) is 0 Å². The Morgan fingerprint density at radius 2 is 1.72 bits per heavy atom. The molecule has 3 nitrogen and oxygen atoms in total. The minimum atomic E-state index is -5.36. The molecule has 0 bridgehead atoms. The van der Waals surface area contributed by atoms with Crippen LogP contribution in [0.15, 0.2) is 6.07 Å². The molecular weight excluding hydrogens is 275 g/mol. The lowest BCUT2D eigenvalue weighted by Gasteiger charge is -2.13. The van der Waals surface area contributed by atoms with E-state index >= 15 is 0 Å². The van der Waals surface area contributed by atoms with Crippen LogP contribution in [0.3, 0.4) is 0 Å². The Hall–Kier alpha value is -1.87. The van der Waals surface area contributed by atoms with Gasteiger partial charge in [-0.1, -0.05) is 0 Å². The maximum Gasteiger partial charge on any atom is 0.573 e. The normalized spacial score (nSPS) is 12.4. The fraction of sp³-hybridized carbons (Fsp3) is 0.250. The zero-order valence-electron chi connectivity index (χ0n) is 8.06. The Kier molecular flexibility index (Phi) is 3.49. The zero-order chi connectivity index (χ0) is 14.1. The number of alkyl halides is 6. The summed E-state index contributed by atoms with van der Waals surface area (Å²) in [4.78, 5) is 12.9. The molecule has 10 heteroatoms. The first kappa shape index (κ1) is 14.2. The van der Waals surface area contributed by atoms with Crippen LogP contribution in [-0.4, -0.2) is 17.6 Å². The van der Waals surface area contributed by atoms with Gasteiger partial charge >= 0.3 is 12.5 Å². The van der Waals surface area contributed by atoms with Gasteiger partial charge in [-0.05, 0) is 0 Å². The van der Waals surface area contributed by atoms with Gasteiger partial charge in [0.15, 0.2) is 17.9 Å². The summed E-state index contributed by atoms with van der Waals surface area (Å²) in [7, 11) is 0. The molecule has 0 atom stereocenters. The van der Waals surface area contributed by atoms with Gasteiger partial charge in [0.1, 0.15) is 11.4 Å². The average Bonchev–Trinajstić information content (AvgIpc) is 2.17. The first-order valence-electron chi connectivity index (χ1n) is 4.03. The first-order valence-corrected chi connectivity index (χ1v) is 4.03. The summed E-state index contributed by atoms with van der Waals surface area (Å²) in [6.07, 6.45) is -10.9. The quantitative estimate of drug-likeness (QED) is 0.616. The number of rotatable bonds is 2. The Balaban J connectivity index is 3.34. The molecule has 0 N–H and O–H groups in total. The summed E-state index contributed by atoms with van der Waals surface area (Å²) in [5.74, 6) is -3.69. The summed E-state index contributed by atoms with van der Waals surface area (Å²) in [6, 6.07) is -0.298. The van der Waals surface area contributed by atoms with E-state index in [9.17, 15) is 35.5 Å². The van der Waals surface area contributed by atoms with Crippen molar-refractivity contribution in [3.05, 3.63) is 23.3 Å². The molecule has 1 heterocycles. The number of ether oxygens (including phenoxy) is 1. The maximum absolute atomic E-state index is 13.0. The Bertz CT molecular complexity index is 466. The van der Waals surface area contributed by atoms with Crippen molar-refractivity contribution < 1.29 is 40.3 Å². The van der Waals surface area contributed by atoms with Gasteiger partial charge in [0.05, 0.1) is 0 Å². The second-order valence-corrected chi connectivity index (χ2v) is 2.87. The molecular formula is C8H2F7NO2. The topological polar surface area (TPSA) is 39.2 Å². The van der Waals surface area contributed by atoms with Gasteiger partial charge < -0.3 is 4.74 Å². The number of carbonyl (C=O) groups excluding carboxylic acids is 1. The molecule has 0 amide bonds. The van der Waals surface area contributed by atoms with E-state index in [1.54, 1.807) is 0 Å². The molecule has 0 fully saturated rings. The lowest BCUT2D eigenvalue weighted by Crippen LogP contribution is -2.20. The third kappa shape index (κ3) is 3.31. The van der Waals surface area contributed by atoms with Gasteiger partial charge in [0.2, 0.25) is 0 Å². The Labute approximate surface area is 94.2 Å². The maximum atomic E-state index is 13.0. The smallest absolute Gasteiger partial charge is 0.400 e. The Morgan fingerprint density at radius 3 is 2.11 bits per heavy atom. The Morgan fingerprint density at radius 1 is 1.17 bits per heavy atom. The highest BCUT2D eigenvalue weighted by Crippen LogP contribution is 2.33. The molecule has 0 unspecified atom stereocenters. The molecule has 0 radical (unpaired) electrons. The largest absolute Gasteiger partial charge is 0.573 e. The van der Waals surface area contributed by atoms with Gasteiger partial charge in [-0.15, -0.1) is 13.2 Å². The minimum absolute atomic E-state index is 0.298. The molecule has 0 aliphatic heterocycles. The lowest BCUT2D eigenvalue weighted by molar-refractivity contribution is -0.275. The standard InChI is InChI=1S/C8H2F7NO2/c9-3-1-5(7(10,11)12)16-4(2-17)6(3)18-8(13,14)15/h1-2H. The van der Waals surface area contributed by atoms with E-state index < -0.39 is 41.8 Å². The SMILES string of the molecule is O=Cc1nc(C(F)(F)F)cc(F)c1OC(F)(F)F. The van der Waals surface area contributed by atoms with E-state index in [1.807, 2.05) is 0 Å². The summed E-state index contributed by atoms with van der Waals surface area (Å²) in [6.45, 7) is 0. The van der Waals surface area contributed by atoms with Gasteiger partial charge in [0, 0.05) is 6.07 Å². The molecule has 18 heavy (non-hydrogen) atoms. The first-order chi connectivity index (χ1) is 8.04. The van der Waals surface area contributed by atoms with Crippen LogP contribution in [0.1, 0.15) is 16.2 Å². The van der Waals surface area contributed by atoms with E-state index in [4.69, 9.17) is 0 Å². The number of halogens is 7. The summed E-state index contributed by atoms with van der Waals surface area (Å²) in [5.41, 5.74) is -3.27. The third-order valence-corrected chi connectivity index (χ3v) is 1.57. The third-order valence-electron chi connectivity index (χ3n) is 1.57. The molecule has 1 rings (SSSR count). The fourth-order valence-corrected chi connectivity index (χ4v) is 0.963. The van der Waals surface area contributed by atoms with Crippen molar-refractivity contribution in [2.75, 3.05) is 0 Å². The number of hydrogen-bond acceptors (Lipinski definition) is 3. The van der Waals surface area contributed by atoms with Crippen LogP contribution in [-0.2, 0) is 6.18 Å². The van der Waals surface area contributed by atoms with Crippen LogP contribution in [0.4, 0.5) is 30.7 Å². The van der Waals surface area contributed by atoms with Crippen molar-refractivity contribution in [3.8, 4) is 5.75 Å². The number of aromatic nitrogens is 1. The summed E-state index contributed by atoms with van der Waals surface area (Å²) in [5, 5.41) is 0. The second kappa shape index (κ2) is 4.42. The van der Waals surface area contributed by atoms with Crippen LogP contribution in [0, 0.1) is 5.82 Å². The van der Waals surface area contributed by atoms with E-state index in [-0.39, 0.29) is 6.07 Å². The predicted octanol–water partition coefficient (Wildman–Crippen LogP) is 2.95. The van der Waals surface area contributed by atoms with E-state index in [2.05, 4.69) is 9.72 Å². The van der Waals surface area contributed by atoms with Crippen LogP contribution < -0.4 is 4.74 Å². The predicted molar refractivity (Wildman–Crippen MR) is 41.3 cm³/mol. The number of carbonyl (C=O) groups is 1. The van der Waals surface area contributed by atoms with Gasteiger partial charge in [-0.25, -0.2) is 9.37 Å². The van der Waals surface area contributed by atoms with Crippen LogP contribution >= 0.6 is 0 Å². The van der Waals surface area contributed by atoms with Crippen LogP contribution in [0.2, 0.25) is 0 Å². The van der Waals surface area contributed by atoms with Crippen molar-refractivity contribution in [3.63, 3.8) is 0 Å². The van der Waals surface area contributed by atoms with Gasteiger partial charge in [0.25, 0.3) is 0 Å². The van der Waals surface area contributed by atoms with Crippen molar-refractivity contribution >= 4 is 6.29 Å². The fourth-order valence-electron chi connectivity index (χ4n) is 0.963. The van der Waals surface area contributed by atoms with Crippen molar-refractivity contribution in [1.29, 1.82) is 0 Å². The molecule has 100 valence electrons. The molecule has 1 aromatic rings. The van der Waals surface area contributed by atoms with Gasteiger partial charge in [-0.2, -0.15) is 13.2 Å². The highest BCUT2D eigenvalue weighted by molar-refractivity contribution is 5.76. The van der Waals surface area contributed by atoms with Crippen molar-refractivity contribution in [1.82, 2.24) is 4.98 Å². The average molecular weight is 277 g/mol. The molecule has 0 spiro atoms. The number of nitrogens with zero attached hydrogens (tertiary/aromatic N) is 1. The molecule has 0 aromatic carbocycles. The van der Waals surface area contributed by atoms with Crippen molar-refractivity contribution in [2.45, 2.75) is 12.5 Å². The van der Waals surface area contributed by atoms with E-state index in [0.717, 1.165) is 0 Å². The number of hydrogen-bond donors (Lipinski definition) is 0. The minimum Gasteiger partial charge on any atom is -0.400 e. The molecule has 1 aromatic heterocycles. The molecule has 0 saturated carbocycles.